The molecular weight excluding hydrogens is 386 g/mol. The van der Waals surface area contributed by atoms with Crippen molar-refractivity contribution in [3.05, 3.63) is 90.6 Å². The van der Waals surface area contributed by atoms with Crippen molar-refractivity contribution in [2.75, 3.05) is 0 Å². The molecule has 0 spiro atoms. The molecule has 2 N–H and O–H groups in total. The van der Waals surface area contributed by atoms with Gasteiger partial charge in [0.2, 0.25) is 5.88 Å². The fourth-order valence-electron chi connectivity index (χ4n) is 3.24. The van der Waals surface area contributed by atoms with E-state index in [4.69, 9.17) is 26.5 Å². The molecule has 1 aliphatic rings. The zero-order valence-electron chi connectivity index (χ0n) is 14.0. The van der Waals surface area contributed by atoms with E-state index in [1.54, 1.807) is 24.3 Å². The van der Waals surface area contributed by atoms with Gasteiger partial charge in [0.15, 0.2) is 5.75 Å². The molecule has 9 heteroatoms. The summed E-state index contributed by atoms with van der Waals surface area (Å²) in [5.74, 6) is -1.14. The van der Waals surface area contributed by atoms with Crippen LogP contribution in [0.4, 0.5) is 5.69 Å². The predicted octanol–water partition coefficient (Wildman–Crippen LogP) is 3.57. The highest BCUT2D eigenvalue weighted by Gasteiger charge is 2.37. The fourth-order valence-corrected chi connectivity index (χ4v) is 3.47. The summed E-state index contributed by atoms with van der Waals surface area (Å²) in [4.78, 5) is 23.4. The Kier molecular flexibility index (Phi) is 4.02. The summed E-state index contributed by atoms with van der Waals surface area (Å²) in [6.07, 6.45) is 0. The number of nitrogens with zero attached hydrogens (tertiary/aromatic N) is 2. The molecule has 0 amide bonds. The number of ether oxygens (including phenoxy) is 1. The quantitative estimate of drug-likeness (QED) is 0.398. The molecule has 3 aromatic rings. The number of fused-ring (bicyclic) bond motifs is 3. The average Bonchev–Trinajstić information content (AvgIpc) is 2.67. The zero-order valence-corrected chi connectivity index (χ0v) is 14.8. The Balaban J connectivity index is 2.10. The summed E-state index contributed by atoms with van der Waals surface area (Å²) in [7, 11) is 0. The Morgan fingerprint density at radius 1 is 1.25 bits per heavy atom. The Morgan fingerprint density at radius 2 is 2.00 bits per heavy atom. The number of nitriles is 1. The smallest absolute Gasteiger partial charge is 0.344 e. The van der Waals surface area contributed by atoms with Gasteiger partial charge in [-0.15, -0.1) is 0 Å². The van der Waals surface area contributed by atoms with Crippen molar-refractivity contribution in [2.24, 2.45) is 5.73 Å². The van der Waals surface area contributed by atoms with Gasteiger partial charge in [-0.05, 0) is 23.8 Å². The van der Waals surface area contributed by atoms with E-state index in [1.165, 1.54) is 18.2 Å². The highest BCUT2D eigenvalue weighted by Crippen LogP contribution is 2.45. The maximum absolute atomic E-state index is 12.8. The van der Waals surface area contributed by atoms with Crippen molar-refractivity contribution in [2.45, 2.75) is 5.92 Å². The lowest BCUT2D eigenvalue weighted by Gasteiger charge is -2.26. The van der Waals surface area contributed by atoms with Crippen molar-refractivity contribution < 1.29 is 14.1 Å². The Hall–Kier alpha value is -3.83. The molecule has 4 rings (SSSR count). The first-order chi connectivity index (χ1) is 13.4. The summed E-state index contributed by atoms with van der Waals surface area (Å²) in [6.45, 7) is 0. The van der Waals surface area contributed by atoms with Crippen LogP contribution in [0.5, 0.6) is 5.75 Å². The van der Waals surface area contributed by atoms with E-state index in [2.05, 4.69) is 0 Å². The standard InChI is InChI=1S/C19H10ClN3O5/c20-13-6-5-9(23(25)26)7-11(13)15-12(8-21)18(22)28-17-10-3-1-2-4-14(10)27-19(24)16(15)17/h1-7,15H,22H2. The normalized spacial score (nSPS) is 15.6. The minimum absolute atomic E-state index is 0.00634. The molecule has 0 saturated carbocycles. The fraction of sp³-hybridized carbons (Fsp3) is 0.0526. The molecule has 0 bridgehead atoms. The van der Waals surface area contributed by atoms with Gasteiger partial charge in [-0.1, -0.05) is 23.7 Å². The van der Waals surface area contributed by atoms with Crippen molar-refractivity contribution in [1.82, 2.24) is 0 Å². The first-order valence-corrected chi connectivity index (χ1v) is 8.37. The second kappa shape index (κ2) is 6.40. The van der Waals surface area contributed by atoms with E-state index < -0.39 is 16.5 Å². The highest BCUT2D eigenvalue weighted by molar-refractivity contribution is 6.31. The molecule has 2 aromatic carbocycles. The van der Waals surface area contributed by atoms with E-state index in [0.717, 1.165) is 0 Å². The van der Waals surface area contributed by atoms with Crippen LogP contribution in [-0.4, -0.2) is 4.92 Å². The SMILES string of the molecule is N#CC1=C(N)Oc2c(c(=O)oc3ccccc23)C1c1cc([N+](=O)[O-])ccc1Cl. The van der Waals surface area contributed by atoms with Gasteiger partial charge in [0.05, 0.1) is 21.8 Å². The number of nitro benzene ring substituents is 1. The first kappa shape index (κ1) is 17.6. The number of nitro groups is 1. The van der Waals surface area contributed by atoms with Gasteiger partial charge in [-0.2, -0.15) is 5.26 Å². The van der Waals surface area contributed by atoms with Gasteiger partial charge in [0, 0.05) is 17.2 Å². The number of hydrogen-bond donors (Lipinski definition) is 1. The van der Waals surface area contributed by atoms with E-state index in [1.807, 2.05) is 6.07 Å². The van der Waals surface area contributed by atoms with E-state index in [-0.39, 0.29) is 44.6 Å². The van der Waals surface area contributed by atoms with Crippen LogP contribution < -0.4 is 16.1 Å². The van der Waals surface area contributed by atoms with Crippen molar-refractivity contribution in [3.63, 3.8) is 0 Å². The monoisotopic (exact) mass is 395 g/mol. The number of non-ortho nitro benzene ring substituents is 1. The van der Waals surface area contributed by atoms with Crippen molar-refractivity contribution >= 4 is 28.3 Å². The summed E-state index contributed by atoms with van der Waals surface area (Å²) in [5, 5.41) is 21.4. The van der Waals surface area contributed by atoms with Crippen LogP contribution in [0.3, 0.4) is 0 Å². The van der Waals surface area contributed by atoms with Crippen LogP contribution in [-0.2, 0) is 0 Å². The van der Waals surface area contributed by atoms with E-state index >= 15 is 0 Å². The predicted molar refractivity (Wildman–Crippen MR) is 99.9 cm³/mol. The summed E-state index contributed by atoms with van der Waals surface area (Å²) in [6, 6.07) is 12.4. The minimum Gasteiger partial charge on any atom is -0.439 e. The second-order valence-corrected chi connectivity index (χ2v) is 6.42. The van der Waals surface area contributed by atoms with Gasteiger partial charge in [-0.25, -0.2) is 4.79 Å². The molecule has 0 fully saturated rings. The molecule has 1 atom stereocenters. The molecule has 28 heavy (non-hydrogen) atoms. The number of para-hydroxylation sites is 1. The molecule has 138 valence electrons. The van der Waals surface area contributed by atoms with Gasteiger partial charge < -0.3 is 14.9 Å². The molecule has 1 aliphatic heterocycles. The number of rotatable bonds is 2. The zero-order chi connectivity index (χ0) is 20.0. The third-order valence-electron chi connectivity index (χ3n) is 4.48. The number of nitrogens with two attached hydrogens (primary N) is 1. The molecule has 0 aliphatic carbocycles. The second-order valence-electron chi connectivity index (χ2n) is 6.02. The van der Waals surface area contributed by atoms with Crippen LogP contribution in [0, 0.1) is 21.4 Å². The minimum atomic E-state index is -1.07. The Morgan fingerprint density at radius 3 is 2.71 bits per heavy atom. The maximum Gasteiger partial charge on any atom is 0.344 e. The highest BCUT2D eigenvalue weighted by atomic mass is 35.5. The molecule has 0 radical (unpaired) electrons. The molecule has 2 heterocycles. The van der Waals surface area contributed by atoms with Crippen LogP contribution in [0.2, 0.25) is 5.02 Å². The third-order valence-corrected chi connectivity index (χ3v) is 4.82. The Bertz CT molecular complexity index is 1290. The number of allylic oxidation sites excluding steroid dienone is 1. The lowest BCUT2D eigenvalue weighted by molar-refractivity contribution is -0.384. The summed E-state index contributed by atoms with van der Waals surface area (Å²) >= 11 is 6.27. The topological polar surface area (TPSA) is 132 Å². The molecular formula is C19H10ClN3O5. The van der Waals surface area contributed by atoms with Crippen molar-refractivity contribution in [1.29, 1.82) is 5.26 Å². The van der Waals surface area contributed by atoms with Crippen LogP contribution in [0.1, 0.15) is 17.0 Å². The van der Waals surface area contributed by atoms with Crippen LogP contribution in [0.25, 0.3) is 11.0 Å². The van der Waals surface area contributed by atoms with E-state index in [0.29, 0.717) is 5.39 Å². The number of benzene rings is 2. The van der Waals surface area contributed by atoms with Crippen molar-refractivity contribution in [3.8, 4) is 11.8 Å². The third kappa shape index (κ3) is 2.57. The van der Waals surface area contributed by atoms with Crippen LogP contribution >= 0.6 is 11.6 Å². The average molecular weight is 396 g/mol. The maximum atomic E-state index is 12.8. The summed E-state index contributed by atoms with van der Waals surface area (Å²) < 4.78 is 11.0. The molecule has 1 unspecified atom stereocenters. The van der Waals surface area contributed by atoms with Gasteiger partial charge >= 0.3 is 5.63 Å². The largest absolute Gasteiger partial charge is 0.439 e. The number of hydrogen-bond acceptors (Lipinski definition) is 7. The van der Waals surface area contributed by atoms with E-state index in [9.17, 15) is 20.2 Å². The lowest BCUT2D eigenvalue weighted by Crippen LogP contribution is -2.26. The molecule has 1 aromatic heterocycles. The molecule has 8 nitrogen and oxygen atoms in total. The number of halogens is 1. The Labute approximate surface area is 162 Å². The molecule has 0 saturated heterocycles. The van der Waals surface area contributed by atoms with Gasteiger partial charge in [0.25, 0.3) is 5.69 Å². The lowest BCUT2D eigenvalue weighted by atomic mass is 9.83. The van der Waals surface area contributed by atoms with Gasteiger partial charge in [0.1, 0.15) is 17.2 Å². The van der Waals surface area contributed by atoms with Crippen LogP contribution in [0.15, 0.2) is 63.1 Å². The van der Waals surface area contributed by atoms with Gasteiger partial charge in [-0.3, -0.25) is 10.1 Å². The summed E-state index contributed by atoms with van der Waals surface area (Å²) in [5.41, 5.74) is 5.34. The first-order valence-electron chi connectivity index (χ1n) is 7.99.